The van der Waals surface area contributed by atoms with E-state index in [1.807, 2.05) is 0 Å². The van der Waals surface area contributed by atoms with Crippen LogP contribution in [-0.4, -0.2) is 5.78 Å². The predicted octanol–water partition coefficient (Wildman–Crippen LogP) is 6.68. The van der Waals surface area contributed by atoms with Crippen LogP contribution in [0, 0.1) is 0 Å². The highest BCUT2D eigenvalue weighted by atomic mass is 16.1. The van der Waals surface area contributed by atoms with Gasteiger partial charge in [0.1, 0.15) is 5.78 Å². The summed E-state index contributed by atoms with van der Waals surface area (Å²) >= 11 is 0. The van der Waals surface area contributed by atoms with Crippen molar-refractivity contribution in [1.29, 1.82) is 0 Å². The summed E-state index contributed by atoms with van der Waals surface area (Å²) in [4.78, 5) is 13.6. The van der Waals surface area contributed by atoms with Crippen LogP contribution < -0.4 is 0 Å². The zero-order chi connectivity index (χ0) is 17.7. The van der Waals surface area contributed by atoms with Gasteiger partial charge in [-0.3, -0.25) is 4.79 Å². The number of rotatable bonds is 9. The van der Waals surface area contributed by atoms with Crippen molar-refractivity contribution >= 4 is 5.78 Å². The summed E-state index contributed by atoms with van der Waals surface area (Å²) in [5.41, 5.74) is 4.59. The first-order chi connectivity index (χ1) is 12.3. The van der Waals surface area contributed by atoms with Crippen LogP contribution in [0.1, 0.15) is 76.3 Å². The number of benzene rings is 2. The smallest absolute Gasteiger partial charge is 0.147 e. The Kier molecular flexibility index (Phi) is 5.73. The first-order valence-electron chi connectivity index (χ1n) is 9.98. The van der Waals surface area contributed by atoms with E-state index in [-0.39, 0.29) is 0 Å². The normalized spacial score (nSPS) is 14.2. The monoisotopic (exact) mass is 334 g/mol. The van der Waals surface area contributed by atoms with Gasteiger partial charge in [-0.25, -0.2) is 0 Å². The van der Waals surface area contributed by atoms with Gasteiger partial charge >= 0.3 is 0 Å². The summed E-state index contributed by atoms with van der Waals surface area (Å²) in [5, 5.41) is 0. The fourth-order valence-corrected chi connectivity index (χ4v) is 4.42. The molecule has 1 nitrogen and oxygen atoms in total. The van der Waals surface area contributed by atoms with Gasteiger partial charge in [0.05, 0.1) is 5.41 Å². The van der Waals surface area contributed by atoms with Crippen LogP contribution in [0.2, 0.25) is 0 Å². The molecule has 0 atom stereocenters. The van der Waals surface area contributed by atoms with Crippen LogP contribution in [-0.2, 0) is 10.2 Å². The maximum absolute atomic E-state index is 13.6. The number of unbranched alkanes of at least 4 members (excludes halogenated alkanes) is 4. The maximum Gasteiger partial charge on any atom is 0.147 e. The molecule has 0 amide bonds. The molecule has 3 rings (SSSR count). The highest BCUT2D eigenvalue weighted by molar-refractivity contribution is 6.01. The van der Waals surface area contributed by atoms with Crippen LogP contribution in [0.3, 0.4) is 0 Å². The van der Waals surface area contributed by atoms with Gasteiger partial charge in [0.2, 0.25) is 0 Å². The van der Waals surface area contributed by atoms with Crippen molar-refractivity contribution in [1.82, 2.24) is 0 Å². The minimum Gasteiger partial charge on any atom is -0.298 e. The van der Waals surface area contributed by atoms with Gasteiger partial charge in [-0.2, -0.15) is 0 Å². The Morgan fingerprint density at radius 2 is 1.28 bits per heavy atom. The Labute approximate surface area is 152 Å². The van der Waals surface area contributed by atoms with Gasteiger partial charge in [0.25, 0.3) is 0 Å². The van der Waals surface area contributed by atoms with Gasteiger partial charge in [0, 0.05) is 6.42 Å². The third-order valence-corrected chi connectivity index (χ3v) is 5.70. The number of Topliss-reactive ketones (excluding diaryl/α,β-unsaturated/α-hetero) is 1. The van der Waals surface area contributed by atoms with Crippen LogP contribution in [0.5, 0.6) is 0 Å². The third-order valence-electron chi connectivity index (χ3n) is 5.70. The molecule has 1 aliphatic carbocycles. The number of carbonyl (C=O) groups excluding carboxylic acids is 1. The van der Waals surface area contributed by atoms with Crippen LogP contribution >= 0.6 is 0 Å². The summed E-state index contributed by atoms with van der Waals surface area (Å²) < 4.78 is 0. The molecule has 1 heteroatoms. The standard InChI is InChI=1S/C24H30O/c1-3-5-7-17-23(25)24(18-12-6-4-2)21-15-10-8-13-19(21)20-14-9-11-16-22(20)24/h8-11,13-16H,3-7,12,17-18H2,1-2H3. The summed E-state index contributed by atoms with van der Waals surface area (Å²) in [7, 11) is 0. The molecule has 0 spiro atoms. The molecule has 0 fully saturated rings. The van der Waals surface area contributed by atoms with Gasteiger partial charge in [-0.1, -0.05) is 94.5 Å². The number of hydrogen-bond donors (Lipinski definition) is 0. The van der Waals surface area contributed by atoms with Crippen molar-refractivity contribution in [3.63, 3.8) is 0 Å². The highest BCUT2D eigenvalue weighted by Crippen LogP contribution is 2.52. The van der Waals surface area contributed by atoms with E-state index >= 15 is 0 Å². The van der Waals surface area contributed by atoms with Crippen molar-refractivity contribution in [2.75, 3.05) is 0 Å². The van der Waals surface area contributed by atoms with Gasteiger partial charge in [0.15, 0.2) is 0 Å². The first-order valence-corrected chi connectivity index (χ1v) is 9.98. The Hall–Kier alpha value is -1.89. The average molecular weight is 335 g/mol. The second-order valence-electron chi connectivity index (χ2n) is 7.33. The fourth-order valence-electron chi connectivity index (χ4n) is 4.42. The van der Waals surface area contributed by atoms with Crippen LogP contribution in [0.15, 0.2) is 48.5 Å². The zero-order valence-electron chi connectivity index (χ0n) is 15.7. The molecule has 25 heavy (non-hydrogen) atoms. The topological polar surface area (TPSA) is 17.1 Å². The van der Waals surface area contributed by atoms with Gasteiger partial charge in [-0.15, -0.1) is 0 Å². The quantitative estimate of drug-likeness (QED) is 0.467. The lowest BCUT2D eigenvalue weighted by atomic mass is 9.70. The molecule has 1 aliphatic rings. The molecule has 0 unspecified atom stereocenters. The molecule has 0 N–H and O–H groups in total. The van der Waals surface area contributed by atoms with Gasteiger partial charge < -0.3 is 0 Å². The number of carbonyl (C=O) groups is 1. The lowest BCUT2D eigenvalue weighted by Crippen LogP contribution is -2.35. The highest BCUT2D eigenvalue weighted by Gasteiger charge is 2.47. The predicted molar refractivity (Wildman–Crippen MR) is 106 cm³/mol. The van der Waals surface area contributed by atoms with E-state index in [4.69, 9.17) is 0 Å². The number of hydrogen-bond acceptors (Lipinski definition) is 1. The Bertz CT molecular complexity index is 683. The Morgan fingerprint density at radius 1 is 0.760 bits per heavy atom. The Morgan fingerprint density at radius 3 is 1.84 bits per heavy atom. The van der Waals surface area contributed by atoms with E-state index < -0.39 is 5.41 Å². The van der Waals surface area contributed by atoms with Crippen molar-refractivity contribution in [3.05, 3.63) is 59.7 Å². The second kappa shape index (κ2) is 7.99. The summed E-state index contributed by atoms with van der Waals surface area (Å²) in [6, 6.07) is 17.2. The summed E-state index contributed by atoms with van der Waals surface area (Å²) in [6.07, 6.45) is 8.43. The van der Waals surface area contributed by atoms with Crippen molar-refractivity contribution < 1.29 is 4.79 Å². The molecule has 0 radical (unpaired) electrons. The van der Waals surface area contributed by atoms with Crippen molar-refractivity contribution in [3.8, 4) is 11.1 Å². The van der Waals surface area contributed by atoms with E-state index in [0.717, 1.165) is 32.1 Å². The van der Waals surface area contributed by atoms with E-state index in [9.17, 15) is 4.79 Å². The Balaban J connectivity index is 2.08. The number of fused-ring (bicyclic) bond motifs is 3. The first kappa shape index (κ1) is 17.9. The van der Waals surface area contributed by atoms with E-state index in [1.165, 1.54) is 35.1 Å². The van der Waals surface area contributed by atoms with Crippen molar-refractivity contribution in [2.45, 2.75) is 70.6 Å². The van der Waals surface area contributed by atoms with E-state index in [2.05, 4.69) is 62.4 Å². The van der Waals surface area contributed by atoms with Crippen LogP contribution in [0.25, 0.3) is 11.1 Å². The molecular formula is C24H30O. The molecule has 0 bridgehead atoms. The van der Waals surface area contributed by atoms with Gasteiger partial charge in [-0.05, 0) is 35.1 Å². The molecule has 0 aliphatic heterocycles. The molecule has 2 aromatic carbocycles. The summed E-state index contributed by atoms with van der Waals surface area (Å²) in [5.74, 6) is 0.425. The SMILES string of the molecule is CCCCCC(=O)C1(CCCCC)c2ccccc2-c2ccccc21. The van der Waals surface area contributed by atoms with Crippen molar-refractivity contribution in [2.24, 2.45) is 0 Å². The lowest BCUT2D eigenvalue weighted by Gasteiger charge is -2.31. The molecule has 0 saturated carbocycles. The minimum atomic E-state index is -0.421. The molecule has 2 aromatic rings. The fraction of sp³-hybridized carbons (Fsp3) is 0.458. The molecule has 0 heterocycles. The average Bonchev–Trinajstić information content (AvgIpc) is 2.94. The van der Waals surface area contributed by atoms with E-state index in [0.29, 0.717) is 12.2 Å². The number of ketones is 1. The maximum atomic E-state index is 13.6. The zero-order valence-corrected chi connectivity index (χ0v) is 15.7. The molecule has 0 aromatic heterocycles. The lowest BCUT2D eigenvalue weighted by molar-refractivity contribution is -0.123. The van der Waals surface area contributed by atoms with Crippen LogP contribution in [0.4, 0.5) is 0 Å². The largest absolute Gasteiger partial charge is 0.298 e. The summed E-state index contributed by atoms with van der Waals surface area (Å²) in [6.45, 7) is 4.42. The third kappa shape index (κ3) is 3.17. The molecular weight excluding hydrogens is 304 g/mol. The second-order valence-corrected chi connectivity index (χ2v) is 7.33. The minimum absolute atomic E-state index is 0.421. The molecule has 0 saturated heterocycles. The molecule has 132 valence electrons. The van der Waals surface area contributed by atoms with E-state index in [1.54, 1.807) is 0 Å².